The van der Waals surface area contributed by atoms with Crippen molar-refractivity contribution in [3.8, 4) is 89.5 Å². The molecule has 4 aliphatic carbocycles. The molecule has 133 heavy (non-hydrogen) atoms. The van der Waals surface area contributed by atoms with Gasteiger partial charge in [-0.1, -0.05) is 120 Å². The number of benzene rings is 4. The molecule has 4 fully saturated rings. The number of H-pyrrole nitrogens is 1. The topological polar surface area (TPSA) is 454 Å². The zero-order chi connectivity index (χ0) is 92.6. The molecular formula is C97H86Br4Cl2N22O8. The van der Waals surface area contributed by atoms with Gasteiger partial charge in [0.1, 0.15) is 23.3 Å². The average Bonchev–Trinajstić information content (AvgIpc) is 1.66. The van der Waals surface area contributed by atoms with E-state index in [0.717, 1.165) is 192 Å². The number of nitrogens with zero attached hydrogens (tertiary/aromatic N) is 17. The van der Waals surface area contributed by atoms with E-state index >= 15 is 0 Å². The number of rotatable bonds is 16. The highest BCUT2D eigenvalue weighted by Crippen LogP contribution is 2.47. The zero-order valence-electron chi connectivity index (χ0n) is 71.1. The summed E-state index contributed by atoms with van der Waals surface area (Å²) in [6.07, 6.45) is 27.3. The molecule has 0 spiro atoms. The van der Waals surface area contributed by atoms with Crippen LogP contribution >= 0.6 is 86.9 Å². The Kier molecular flexibility index (Phi) is 26.6. The fraction of sp³-hybridized carbons (Fsp3) is 0.247. The summed E-state index contributed by atoms with van der Waals surface area (Å²) in [5.74, 6) is -1.48. The first kappa shape index (κ1) is 90.5. The number of hydrogen-bond donors (Lipinski definition) is 9. The summed E-state index contributed by atoms with van der Waals surface area (Å²) in [5.41, 5.74) is 46.7. The number of halogens is 6. The number of aromatic amines is 1. The third-order valence-corrected chi connectivity index (χ3v) is 29.8. The van der Waals surface area contributed by atoms with Crippen molar-refractivity contribution in [3.05, 3.63) is 252 Å². The zero-order valence-corrected chi connectivity index (χ0v) is 78.9. The van der Waals surface area contributed by atoms with E-state index in [2.05, 4.69) is 120 Å². The number of hydrogen-bond acceptors (Lipinski definition) is 21. The number of carboxylic acids is 4. The molecule has 674 valence electrons. The lowest BCUT2D eigenvalue weighted by molar-refractivity contribution is -0.143. The van der Waals surface area contributed by atoms with E-state index in [1.165, 1.54) is 0 Å². The summed E-state index contributed by atoms with van der Waals surface area (Å²) >= 11 is 27.0. The molecule has 0 aliphatic heterocycles. The van der Waals surface area contributed by atoms with E-state index in [1.807, 2.05) is 152 Å². The molecule has 36 heteroatoms. The molecule has 17 aromatic rings. The van der Waals surface area contributed by atoms with Crippen molar-refractivity contribution >= 4 is 168 Å². The Morgan fingerprint density at radius 1 is 0.316 bits per heavy atom. The molecule has 13 N–H and O–H groups in total. The van der Waals surface area contributed by atoms with Crippen LogP contribution in [0.4, 0.5) is 23.3 Å². The maximum Gasteiger partial charge on any atom is 0.306 e. The minimum atomic E-state index is -0.721. The highest BCUT2D eigenvalue weighted by Gasteiger charge is 2.36. The normalized spacial score (nSPS) is 18.5. The van der Waals surface area contributed by atoms with Gasteiger partial charge in [-0.05, 0) is 215 Å². The van der Waals surface area contributed by atoms with Crippen molar-refractivity contribution < 1.29 is 39.6 Å². The number of carbonyl (C=O) groups is 4. The first-order valence-corrected chi connectivity index (χ1v) is 47.4. The number of nitrogens with one attached hydrogen (secondary N) is 1. The molecule has 21 rings (SSSR count). The molecule has 0 saturated heterocycles. The molecule has 4 aromatic carbocycles. The van der Waals surface area contributed by atoms with Crippen LogP contribution in [0.1, 0.15) is 149 Å². The van der Waals surface area contributed by atoms with Gasteiger partial charge in [0.15, 0.2) is 22.6 Å². The number of fused-ring (bicyclic) bond motifs is 5. The fourth-order valence-corrected chi connectivity index (χ4v) is 21.1. The molecule has 13 aromatic heterocycles. The monoisotopic (exact) mass is 2070 g/mol. The van der Waals surface area contributed by atoms with Gasteiger partial charge >= 0.3 is 23.9 Å². The van der Waals surface area contributed by atoms with Crippen molar-refractivity contribution in [2.24, 2.45) is 23.7 Å². The summed E-state index contributed by atoms with van der Waals surface area (Å²) in [6.45, 7) is 0. The van der Waals surface area contributed by atoms with E-state index in [0.29, 0.717) is 107 Å². The Hall–Kier alpha value is -13.0. The van der Waals surface area contributed by atoms with Crippen LogP contribution in [0.3, 0.4) is 0 Å². The van der Waals surface area contributed by atoms with Gasteiger partial charge in [0.05, 0.1) is 124 Å². The molecule has 0 amide bonds. The Morgan fingerprint density at radius 2 is 0.594 bits per heavy atom. The first-order valence-electron chi connectivity index (χ1n) is 43.5. The minimum Gasteiger partial charge on any atom is -0.481 e. The molecule has 0 unspecified atom stereocenters. The van der Waals surface area contributed by atoms with Crippen LogP contribution in [-0.2, 0) is 19.2 Å². The van der Waals surface area contributed by atoms with Crippen molar-refractivity contribution in [2.75, 3.05) is 22.9 Å². The smallest absolute Gasteiger partial charge is 0.306 e. The number of carboxylic acid groups (broad SMARTS) is 4. The second-order valence-corrected chi connectivity index (χ2v) is 37.7. The van der Waals surface area contributed by atoms with Gasteiger partial charge < -0.3 is 43.4 Å². The summed E-state index contributed by atoms with van der Waals surface area (Å²) in [4.78, 5) is 83.6. The van der Waals surface area contributed by atoms with Crippen LogP contribution in [0.5, 0.6) is 0 Å². The van der Waals surface area contributed by atoms with Crippen molar-refractivity contribution in [1.82, 2.24) is 88.5 Å². The molecule has 0 bridgehead atoms. The lowest BCUT2D eigenvalue weighted by Crippen LogP contribution is -2.21. The lowest BCUT2D eigenvalue weighted by atomic mass is 9.80. The Bertz CT molecular complexity index is 7050. The van der Waals surface area contributed by atoms with Gasteiger partial charge in [0.25, 0.3) is 0 Å². The van der Waals surface area contributed by atoms with Gasteiger partial charge in [0.2, 0.25) is 0 Å². The van der Waals surface area contributed by atoms with Crippen molar-refractivity contribution in [2.45, 2.75) is 126 Å². The molecule has 30 nitrogen and oxygen atoms in total. The number of aliphatic carboxylic acids is 4. The van der Waals surface area contributed by atoms with Gasteiger partial charge in [-0.3, -0.25) is 44.2 Å². The quantitative estimate of drug-likeness (QED) is 0.0434. The summed E-state index contributed by atoms with van der Waals surface area (Å²) in [6, 6.07) is 47.1. The minimum absolute atomic E-state index is 0.144. The highest BCUT2D eigenvalue weighted by molar-refractivity contribution is 9.11. The number of nitrogens with two attached hydrogens (primary N) is 4. The van der Waals surface area contributed by atoms with Crippen LogP contribution in [-0.4, -0.2) is 133 Å². The van der Waals surface area contributed by atoms with Gasteiger partial charge in [-0.25, -0.2) is 19.9 Å². The molecule has 13 heterocycles. The highest BCUT2D eigenvalue weighted by atomic mass is 79.9. The van der Waals surface area contributed by atoms with Crippen LogP contribution in [0, 0.1) is 23.7 Å². The fourth-order valence-electron chi connectivity index (χ4n) is 18.3. The van der Waals surface area contributed by atoms with Crippen LogP contribution in [0.15, 0.2) is 219 Å². The van der Waals surface area contributed by atoms with Crippen LogP contribution in [0.25, 0.3) is 123 Å². The Morgan fingerprint density at radius 3 is 0.880 bits per heavy atom. The van der Waals surface area contributed by atoms with Gasteiger partial charge in [-0.2, -0.15) is 43.6 Å². The standard InChI is InChI=1S/C25H22BrN7O2.2C24H21BrClN5O2.C24H22BrN5O2/c26-21-22(13-1-3-14(4-2-13)25(34)35)31-24-18(12-30-33(24)23(21)27)16-6-7-19(28-10-16)15-5-8-20-17(9-15)11-29-32-20;2*25-20-21(13-5-7-14(8-6-13)24(32)33)30-23-17(12-29-31(23)22(20)27)15-9-10-19(28-11-15)16-3-1-2-4-18(16)26;25-20-21(15-6-8-16(9-7-15)24(31)32)29-23-18(13-28-30(23)22(20)26)17-10-11-19(27-12-17)14-4-2-1-3-5-14/h5-14H,1-4,27H2,(H,29,32)(H,34,35);2*1-4,9-14H,5-8,27H2,(H,32,33);1-5,10-13,15-16H,6-9,26H2,(H,31,32). The Labute approximate surface area is 804 Å². The van der Waals surface area contributed by atoms with Crippen molar-refractivity contribution in [1.29, 1.82) is 0 Å². The van der Waals surface area contributed by atoms with Crippen molar-refractivity contribution in [3.63, 3.8) is 0 Å². The predicted octanol–water partition coefficient (Wildman–Crippen LogP) is 21.8. The lowest BCUT2D eigenvalue weighted by Gasteiger charge is -2.26. The summed E-state index contributed by atoms with van der Waals surface area (Å²) in [7, 11) is 0. The molecule has 4 aliphatic rings. The third-order valence-electron chi connectivity index (χ3n) is 25.8. The predicted molar refractivity (Wildman–Crippen MR) is 524 cm³/mol. The first-order chi connectivity index (χ1) is 64.4. The number of nitrogen functional groups attached to an aromatic ring is 4. The molecular weight excluding hydrogens is 1990 g/mol. The van der Waals surface area contributed by atoms with E-state index < -0.39 is 23.9 Å². The number of pyridine rings is 4. The average molecular weight is 2080 g/mol. The van der Waals surface area contributed by atoms with Crippen LogP contribution in [0.2, 0.25) is 10.0 Å². The molecule has 0 radical (unpaired) electrons. The molecule has 0 atom stereocenters. The van der Waals surface area contributed by atoms with E-state index in [4.69, 9.17) is 66.1 Å². The maximum absolute atomic E-state index is 11.4. The molecule has 4 saturated carbocycles. The van der Waals surface area contributed by atoms with Crippen LogP contribution < -0.4 is 22.9 Å². The van der Waals surface area contributed by atoms with E-state index in [1.54, 1.807) is 61.4 Å². The maximum atomic E-state index is 11.4. The number of aromatic nitrogens is 18. The van der Waals surface area contributed by atoms with E-state index in [9.17, 15) is 39.6 Å². The third kappa shape index (κ3) is 18.6. The second kappa shape index (κ2) is 39.1. The SMILES string of the molecule is Nc1c(Br)c(C2CCC(C(=O)O)CC2)nc2c(-c3ccc(-c4ccc5[nH]ncc5c4)nc3)cnn12.Nc1c(Br)c(C2CCC(C(=O)O)CC2)nc2c(-c3ccc(-c4ccccc4)nc3)cnn12.Nc1c(Br)c(C2CCC(C(=O)O)CC2)nc2c(-c3ccc(-c4ccccc4Cl)nc3)cnn12.Nc1c(Br)c(C2CCC(C(=O)O)CC2)nc2c(-c3ccc(-c4ccccc4Cl)nc3)cnn12. The largest absolute Gasteiger partial charge is 0.481 e. The summed E-state index contributed by atoms with van der Waals surface area (Å²) in [5, 5.41) is 64.4. The van der Waals surface area contributed by atoms with Gasteiger partial charge in [0, 0.05) is 131 Å². The van der Waals surface area contributed by atoms with Gasteiger partial charge in [-0.15, -0.1) is 0 Å². The number of anilines is 4. The van der Waals surface area contributed by atoms with E-state index in [-0.39, 0.29) is 47.3 Å². The summed E-state index contributed by atoms with van der Waals surface area (Å²) < 4.78 is 9.40. The second-order valence-electron chi connectivity index (χ2n) is 33.7. The Balaban J connectivity index is 0.000000119.